The fraction of sp³-hybridized carbons (Fsp3) is 0.400. The summed E-state index contributed by atoms with van der Waals surface area (Å²) >= 11 is 0. The first kappa shape index (κ1) is 29.3. The molecule has 1 aliphatic heterocycles. The van der Waals surface area contributed by atoms with Gasteiger partial charge < -0.3 is 14.9 Å². The van der Waals surface area contributed by atoms with Crippen molar-refractivity contribution in [3.8, 4) is 17.6 Å². The molecule has 6 nitrogen and oxygen atoms in total. The Balaban J connectivity index is 1.46. The molecule has 0 aliphatic carbocycles. The van der Waals surface area contributed by atoms with Crippen molar-refractivity contribution in [2.75, 3.05) is 26.7 Å². The number of hydrogen-bond donors (Lipinski definition) is 2. The number of hydrogen-bond acceptors (Lipinski definition) is 5. The molecule has 40 heavy (non-hydrogen) atoms. The quantitative estimate of drug-likeness (QED) is 0.265. The molecule has 4 rings (SSSR count). The largest absolute Gasteiger partial charge is 0.497 e. The fourth-order valence-corrected chi connectivity index (χ4v) is 5.37. The number of aliphatic hydroxyl groups excluding tert-OH is 1. The molecule has 1 fully saturated rings. The van der Waals surface area contributed by atoms with Gasteiger partial charge in [0.05, 0.1) is 37.3 Å². The Hall–Kier alpha value is -3.68. The number of methoxy groups -OCH3 is 1. The number of pyridine rings is 1. The summed E-state index contributed by atoms with van der Waals surface area (Å²) < 4.78 is 60.0. The number of fused-ring (bicyclic) bond motifs is 1. The maximum absolute atomic E-state index is 13.9. The Morgan fingerprint density at radius 2 is 1.88 bits per heavy atom. The molecule has 1 aromatic heterocycles. The van der Waals surface area contributed by atoms with Gasteiger partial charge in [0.1, 0.15) is 29.9 Å². The molecule has 2 aromatic carbocycles. The van der Waals surface area contributed by atoms with Crippen LogP contribution in [0, 0.1) is 34.7 Å². The lowest BCUT2D eigenvalue weighted by Crippen LogP contribution is -2.41. The minimum atomic E-state index is -1.07. The Morgan fingerprint density at radius 3 is 2.50 bits per heavy atom. The number of carbonyl (C=O) groups is 1. The van der Waals surface area contributed by atoms with Crippen molar-refractivity contribution in [3.63, 3.8) is 0 Å². The van der Waals surface area contributed by atoms with Gasteiger partial charge in [-0.05, 0) is 68.0 Å². The maximum atomic E-state index is 13.9. The van der Waals surface area contributed by atoms with Crippen LogP contribution in [0.1, 0.15) is 54.9 Å². The summed E-state index contributed by atoms with van der Waals surface area (Å²) in [6, 6.07) is 6.31. The second-order valence-corrected chi connectivity index (χ2v) is 10.2. The first-order chi connectivity index (χ1) is 19.1. The van der Waals surface area contributed by atoms with Gasteiger partial charge in [-0.25, -0.2) is 17.6 Å². The van der Waals surface area contributed by atoms with Crippen LogP contribution in [0.25, 0.3) is 10.9 Å². The number of benzene rings is 2. The van der Waals surface area contributed by atoms with E-state index < -0.39 is 47.2 Å². The first-order valence-corrected chi connectivity index (χ1v) is 12.9. The molecule has 0 radical (unpaired) electrons. The predicted octanol–water partition coefficient (Wildman–Crippen LogP) is 5.55. The lowest BCUT2D eigenvalue weighted by atomic mass is 9.71. The molecule has 1 atom stereocenters. The molecule has 0 amide bonds. The van der Waals surface area contributed by atoms with Crippen molar-refractivity contribution in [2.24, 2.45) is 5.41 Å². The van der Waals surface area contributed by atoms with Crippen LogP contribution in [0.15, 0.2) is 36.5 Å². The number of rotatable bonds is 9. The average Bonchev–Trinajstić information content (AvgIpc) is 2.92. The minimum Gasteiger partial charge on any atom is -0.497 e. The third-order valence-corrected chi connectivity index (χ3v) is 7.59. The van der Waals surface area contributed by atoms with E-state index in [1.54, 1.807) is 18.2 Å². The van der Waals surface area contributed by atoms with Crippen LogP contribution in [-0.2, 0) is 11.5 Å². The Morgan fingerprint density at radius 1 is 1.18 bits per heavy atom. The molecule has 0 bridgehead atoms. The SMILES string of the molecule is COc1ccc2ncc(CF)c([C@H](O)CCC3(CC(=O)O)CCN(CC#Cc4c(F)cc(F)cc4F)CC3)c2c1. The summed E-state index contributed by atoms with van der Waals surface area (Å²) in [5.74, 6) is 1.57. The molecule has 0 spiro atoms. The van der Waals surface area contributed by atoms with Crippen LogP contribution in [0.2, 0.25) is 0 Å². The van der Waals surface area contributed by atoms with Gasteiger partial charge in [-0.15, -0.1) is 0 Å². The van der Waals surface area contributed by atoms with Gasteiger partial charge in [0.25, 0.3) is 0 Å². The van der Waals surface area contributed by atoms with Crippen molar-refractivity contribution in [2.45, 2.75) is 44.9 Å². The van der Waals surface area contributed by atoms with Crippen LogP contribution in [0.4, 0.5) is 17.6 Å². The van der Waals surface area contributed by atoms with Gasteiger partial charge in [0.15, 0.2) is 0 Å². The Labute approximate surface area is 229 Å². The molecular formula is C30H30F4N2O4. The van der Waals surface area contributed by atoms with E-state index in [9.17, 15) is 32.6 Å². The van der Waals surface area contributed by atoms with E-state index in [-0.39, 0.29) is 24.9 Å². The molecule has 212 valence electrons. The monoisotopic (exact) mass is 558 g/mol. The van der Waals surface area contributed by atoms with E-state index in [0.29, 0.717) is 66.7 Å². The van der Waals surface area contributed by atoms with E-state index in [1.165, 1.54) is 13.3 Å². The Kier molecular flexibility index (Phi) is 9.28. The number of carboxylic acids is 1. The standard InChI is InChI=1S/C30H30F4N2O4/c1-40-21-4-5-26-23(15-21)29(19(17-31)18-35-26)27(37)6-7-30(16-28(38)39)8-11-36(12-9-30)10-2-3-22-24(33)13-20(32)14-25(22)34/h4-5,13-15,18,27,37H,6-12,16-17H2,1H3,(H,38,39)/t27-/m1/s1. The van der Waals surface area contributed by atoms with E-state index in [1.807, 2.05) is 4.90 Å². The van der Waals surface area contributed by atoms with Gasteiger partial charge in [-0.1, -0.05) is 11.8 Å². The van der Waals surface area contributed by atoms with Crippen LogP contribution in [0.5, 0.6) is 5.75 Å². The minimum absolute atomic E-state index is 0.0911. The van der Waals surface area contributed by atoms with Crippen molar-refractivity contribution >= 4 is 16.9 Å². The van der Waals surface area contributed by atoms with Crippen LogP contribution in [-0.4, -0.2) is 52.8 Å². The van der Waals surface area contributed by atoms with Crippen LogP contribution < -0.4 is 4.74 Å². The van der Waals surface area contributed by atoms with Gasteiger partial charge in [0.2, 0.25) is 0 Å². The number of aliphatic hydroxyl groups is 1. The highest BCUT2D eigenvalue weighted by Gasteiger charge is 2.37. The number of piperidine rings is 1. The summed E-state index contributed by atoms with van der Waals surface area (Å²) in [7, 11) is 1.51. The van der Waals surface area contributed by atoms with E-state index in [0.717, 1.165) is 0 Å². The number of halogens is 4. The van der Waals surface area contributed by atoms with Crippen LogP contribution in [0.3, 0.4) is 0 Å². The normalized spacial score (nSPS) is 15.8. The van der Waals surface area contributed by atoms with E-state index >= 15 is 0 Å². The summed E-state index contributed by atoms with van der Waals surface area (Å²) in [6.07, 6.45) is 1.90. The zero-order valence-corrected chi connectivity index (χ0v) is 22.0. The summed E-state index contributed by atoms with van der Waals surface area (Å²) in [6.45, 7) is 0.385. The van der Waals surface area contributed by atoms with Crippen molar-refractivity contribution < 1.29 is 37.3 Å². The van der Waals surface area contributed by atoms with Crippen LogP contribution >= 0.6 is 0 Å². The highest BCUT2D eigenvalue weighted by atomic mass is 19.1. The number of ether oxygens (including phenoxy) is 1. The third-order valence-electron chi connectivity index (χ3n) is 7.59. The van der Waals surface area contributed by atoms with Gasteiger partial charge >= 0.3 is 5.97 Å². The highest BCUT2D eigenvalue weighted by Crippen LogP contribution is 2.42. The molecule has 2 heterocycles. The average molecular weight is 559 g/mol. The highest BCUT2D eigenvalue weighted by molar-refractivity contribution is 5.85. The summed E-state index contributed by atoms with van der Waals surface area (Å²) in [5, 5.41) is 21.4. The fourth-order valence-electron chi connectivity index (χ4n) is 5.37. The zero-order valence-electron chi connectivity index (χ0n) is 22.0. The predicted molar refractivity (Wildman–Crippen MR) is 141 cm³/mol. The Bertz CT molecular complexity index is 1420. The lowest BCUT2D eigenvalue weighted by molar-refractivity contribution is -0.141. The molecule has 2 N–H and O–H groups in total. The van der Waals surface area contributed by atoms with Gasteiger partial charge in [-0.2, -0.15) is 0 Å². The van der Waals surface area contributed by atoms with E-state index in [2.05, 4.69) is 16.8 Å². The number of aliphatic carboxylic acids is 1. The van der Waals surface area contributed by atoms with Gasteiger partial charge in [-0.3, -0.25) is 14.7 Å². The zero-order chi connectivity index (χ0) is 28.9. The molecule has 0 unspecified atom stereocenters. The first-order valence-electron chi connectivity index (χ1n) is 12.9. The number of nitrogens with zero attached hydrogens (tertiary/aromatic N) is 2. The molecule has 10 heteroatoms. The number of alkyl halides is 1. The number of aromatic nitrogens is 1. The molecule has 0 saturated carbocycles. The maximum Gasteiger partial charge on any atom is 0.303 e. The van der Waals surface area contributed by atoms with Crippen molar-refractivity contribution in [1.29, 1.82) is 0 Å². The smallest absolute Gasteiger partial charge is 0.303 e. The molecule has 1 saturated heterocycles. The molecular weight excluding hydrogens is 528 g/mol. The molecule has 1 aliphatic rings. The summed E-state index contributed by atoms with van der Waals surface area (Å²) in [5.41, 5.74) is 0.180. The number of carboxylic acid groups (broad SMARTS) is 1. The molecule has 3 aromatic rings. The summed E-state index contributed by atoms with van der Waals surface area (Å²) in [4.78, 5) is 18.0. The van der Waals surface area contributed by atoms with E-state index in [4.69, 9.17) is 4.74 Å². The van der Waals surface area contributed by atoms with Crippen molar-refractivity contribution in [3.05, 3.63) is 70.7 Å². The second-order valence-electron chi connectivity index (χ2n) is 10.2. The topological polar surface area (TPSA) is 82.9 Å². The lowest BCUT2D eigenvalue weighted by Gasteiger charge is -2.41. The number of likely N-dealkylation sites (tertiary alicyclic amines) is 1. The second kappa shape index (κ2) is 12.7. The van der Waals surface area contributed by atoms with Gasteiger partial charge in [0, 0.05) is 29.3 Å². The van der Waals surface area contributed by atoms with Crippen molar-refractivity contribution in [1.82, 2.24) is 9.88 Å². The third kappa shape index (κ3) is 6.72.